The molecule has 10 nitrogen and oxygen atoms in total. The summed E-state index contributed by atoms with van der Waals surface area (Å²) in [5, 5.41) is 9.98. The van der Waals surface area contributed by atoms with Crippen molar-refractivity contribution in [3.63, 3.8) is 0 Å². The summed E-state index contributed by atoms with van der Waals surface area (Å²) in [5.74, 6) is 1.99. The number of carbonyl (C=O) groups excluding carboxylic acids is 1. The van der Waals surface area contributed by atoms with E-state index in [-0.39, 0.29) is 12.5 Å². The lowest BCUT2D eigenvalue weighted by Crippen LogP contribution is -2.52. The molecule has 2 N–H and O–H groups in total. The van der Waals surface area contributed by atoms with Crippen molar-refractivity contribution >= 4 is 12.5 Å². The largest absolute Gasteiger partial charge is 0.483 e. The zero-order valence-corrected chi connectivity index (χ0v) is 18.0. The Morgan fingerprint density at radius 3 is 2.71 bits per heavy atom. The smallest absolute Gasteiger partial charge is 0.317 e. The maximum absolute atomic E-state index is 12.5. The summed E-state index contributed by atoms with van der Waals surface area (Å²) in [4.78, 5) is 27.4. The number of carboxylic acid groups (broad SMARTS) is 1. The number of nitrogens with zero attached hydrogens (tertiary/aromatic N) is 3. The van der Waals surface area contributed by atoms with Gasteiger partial charge < -0.3 is 34.4 Å². The third-order valence-corrected chi connectivity index (χ3v) is 5.59. The van der Waals surface area contributed by atoms with Crippen LogP contribution in [0.2, 0.25) is 0 Å². The van der Waals surface area contributed by atoms with Gasteiger partial charge in [0.05, 0.1) is 13.2 Å². The first kappa shape index (κ1) is 23.1. The maximum Gasteiger partial charge on any atom is 0.317 e. The molecule has 31 heavy (non-hydrogen) atoms. The average Bonchev–Trinajstić information content (AvgIpc) is 3.13. The minimum Gasteiger partial charge on any atom is -0.483 e. The van der Waals surface area contributed by atoms with Gasteiger partial charge in [-0.15, -0.1) is 0 Å². The van der Waals surface area contributed by atoms with E-state index < -0.39 is 0 Å². The van der Waals surface area contributed by atoms with Gasteiger partial charge in [0.2, 0.25) is 6.79 Å². The molecule has 0 aromatic heterocycles. The lowest BCUT2D eigenvalue weighted by atomic mass is 10.1. The van der Waals surface area contributed by atoms with Crippen molar-refractivity contribution < 1.29 is 28.9 Å². The average molecular weight is 437 g/mol. The molecule has 3 heterocycles. The molecule has 2 saturated heterocycles. The molecular weight excluding hydrogens is 404 g/mol. The summed E-state index contributed by atoms with van der Waals surface area (Å²) in [6.45, 7) is 8.22. The number of nitrogens with one attached hydrogen (secondary N) is 1. The molecule has 0 aliphatic carbocycles. The van der Waals surface area contributed by atoms with Crippen LogP contribution in [0.4, 0.5) is 4.79 Å². The summed E-state index contributed by atoms with van der Waals surface area (Å²) in [7, 11) is 2.10. The topological polar surface area (TPSA) is 104 Å². The van der Waals surface area contributed by atoms with Crippen molar-refractivity contribution in [2.75, 3.05) is 72.9 Å². The molecule has 0 spiro atoms. The van der Waals surface area contributed by atoms with Gasteiger partial charge in [-0.1, -0.05) is 6.07 Å². The fourth-order valence-electron chi connectivity index (χ4n) is 3.93. The van der Waals surface area contributed by atoms with Gasteiger partial charge in [-0.3, -0.25) is 9.69 Å². The van der Waals surface area contributed by atoms with Crippen molar-refractivity contribution in [3.05, 3.63) is 23.8 Å². The molecule has 2 fully saturated rings. The third kappa shape index (κ3) is 6.98. The second-order valence-corrected chi connectivity index (χ2v) is 7.95. The number of ether oxygens (including phenoxy) is 3. The molecule has 1 atom stereocenters. The van der Waals surface area contributed by atoms with Gasteiger partial charge in [0.1, 0.15) is 0 Å². The number of urea groups is 1. The van der Waals surface area contributed by atoms with Crippen molar-refractivity contribution in [1.82, 2.24) is 20.0 Å². The molecule has 0 saturated carbocycles. The predicted octanol–water partition coefficient (Wildman–Crippen LogP) is 0.522. The Bertz CT molecular complexity index is 726. The Balaban J connectivity index is 0.000000858. The number of amides is 2. The van der Waals surface area contributed by atoms with Gasteiger partial charge >= 0.3 is 6.03 Å². The Hall–Kier alpha value is -2.56. The monoisotopic (exact) mass is 436 g/mol. The van der Waals surface area contributed by atoms with E-state index in [0.717, 1.165) is 63.9 Å². The van der Waals surface area contributed by atoms with Crippen molar-refractivity contribution in [2.24, 2.45) is 5.92 Å². The Morgan fingerprint density at radius 2 is 1.94 bits per heavy atom. The van der Waals surface area contributed by atoms with Gasteiger partial charge in [-0.2, -0.15) is 0 Å². The van der Waals surface area contributed by atoms with E-state index in [9.17, 15) is 4.79 Å². The van der Waals surface area contributed by atoms with E-state index in [0.29, 0.717) is 25.9 Å². The minimum atomic E-state index is -0.250. The highest BCUT2D eigenvalue weighted by Crippen LogP contribution is 2.32. The van der Waals surface area contributed by atoms with Crippen LogP contribution < -0.4 is 14.8 Å². The standard InChI is InChI=1S/C20H30N4O4.CH2O2/c1-22-8-9-26-14-17(12-22)11-21-20(25)24-6-4-23(5-7-24)13-16-2-3-18-19(10-16)28-15-27-18;2-1-3/h2-3,10,17H,4-9,11-15H2,1H3,(H,21,25);1H,(H,2,3). The molecule has 1 aromatic rings. The number of piperazine rings is 1. The zero-order valence-electron chi connectivity index (χ0n) is 18.0. The molecule has 2 amide bonds. The fourth-order valence-corrected chi connectivity index (χ4v) is 3.93. The molecule has 1 unspecified atom stereocenters. The van der Waals surface area contributed by atoms with Gasteiger partial charge in [-0.05, 0) is 24.7 Å². The SMILES string of the molecule is CN1CCOCC(CNC(=O)N2CCN(Cc3ccc4c(c3)OCO4)CC2)C1.O=CO. The number of hydrogen-bond donors (Lipinski definition) is 2. The lowest BCUT2D eigenvalue weighted by molar-refractivity contribution is -0.122. The molecule has 172 valence electrons. The van der Waals surface area contributed by atoms with Crippen molar-refractivity contribution in [3.8, 4) is 11.5 Å². The number of benzene rings is 1. The summed E-state index contributed by atoms with van der Waals surface area (Å²) in [6, 6.07) is 6.14. The second-order valence-electron chi connectivity index (χ2n) is 7.95. The van der Waals surface area contributed by atoms with E-state index in [1.807, 2.05) is 17.0 Å². The van der Waals surface area contributed by atoms with E-state index in [4.69, 9.17) is 24.1 Å². The van der Waals surface area contributed by atoms with Crippen LogP contribution in [-0.2, 0) is 16.1 Å². The van der Waals surface area contributed by atoms with E-state index in [1.54, 1.807) is 0 Å². The van der Waals surface area contributed by atoms with Crippen LogP contribution in [0.3, 0.4) is 0 Å². The highest BCUT2D eigenvalue weighted by atomic mass is 16.7. The Morgan fingerprint density at radius 1 is 1.19 bits per heavy atom. The van der Waals surface area contributed by atoms with Crippen LogP contribution in [-0.4, -0.2) is 105 Å². The molecule has 3 aliphatic heterocycles. The van der Waals surface area contributed by atoms with Crippen LogP contribution >= 0.6 is 0 Å². The fraction of sp³-hybridized carbons (Fsp3) is 0.619. The first-order valence-electron chi connectivity index (χ1n) is 10.6. The molecular formula is C21H32N4O6. The number of carbonyl (C=O) groups is 2. The first-order chi connectivity index (χ1) is 15.1. The normalized spacial score (nSPS) is 21.6. The number of likely N-dealkylation sites (N-methyl/N-ethyl adjacent to an activating group) is 1. The molecule has 0 radical (unpaired) electrons. The van der Waals surface area contributed by atoms with Crippen LogP contribution in [0, 0.1) is 5.92 Å². The first-order valence-corrected chi connectivity index (χ1v) is 10.6. The molecule has 1 aromatic carbocycles. The van der Waals surface area contributed by atoms with Gasteiger partial charge in [0, 0.05) is 58.3 Å². The molecule has 4 rings (SSSR count). The number of hydrogen-bond acceptors (Lipinski definition) is 7. The zero-order chi connectivity index (χ0) is 22.1. The molecule has 3 aliphatic rings. The van der Waals surface area contributed by atoms with Crippen LogP contribution in [0.5, 0.6) is 11.5 Å². The van der Waals surface area contributed by atoms with Crippen LogP contribution in [0.1, 0.15) is 5.56 Å². The van der Waals surface area contributed by atoms with Gasteiger partial charge in [0.15, 0.2) is 11.5 Å². The summed E-state index contributed by atoms with van der Waals surface area (Å²) in [6.07, 6.45) is 0. The van der Waals surface area contributed by atoms with Gasteiger partial charge in [0.25, 0.3) is 6.47 Å². The summed E-state index contributed by atoms with van der Waals surface area (Å²) < 4.78 is 16.4. The molecule has 10 heteroatoms. The second kappa shape index (κ2) is 11.7. The molecule has 0 bridgehead atoms. The van der Waals surface area contributed by atoms with Crippen molar-refractivity contribution in [1.29, 1.82) is 0 Å². The summed E-state index contributed by atoms with van der Waals surface area (Å²) >= 11 is 0. The Kier molecular flexibility index (Phi) is 8.74. The highest BCUT2D eigenvalue weighted by molar-refractivity contribution is 5.74. The lowest BCUT2D eigenvalue weighted by Gasteiger charge is -2.35. The van der Waals surface area contributed by atoms with Gasteiger partial charge in [-0.25, -0.2) is 4.79 Å². The highest BCUT2D eigenvalue weighted by Gasteiger charge is 2.23. The van der Waals surface area contributed by atoms with Crippen LogP contribution in [0.15, 0.2) is 18.2 Å². The van der Waals surface area contributed by atoms with E-state index in [1.165, 1.54) is 5.56 Å². The minimum absolute atomic E-state index is 0.0367. The maximum atomic E-state index is 12.5. The quantitative estimate of drug-likeness (QED) is 0.659. The van der Waals surface area contributed by atoms with Crippen LogP contribution in [0.25, 0.3) is 0 Å². The number of fused-ring (bicyclic) bond motifs is 1. The van der Waals surface area contributed by atoms with E-state index in [2.05, 4.69) is 28.2 Å². The van der Waals surface area contributed by atoms with E-state index >= 15 is 0 Å². The predicted molar refractivity (Wildman–Crippen MR) is 113 cm³/mol. The summed E-state index contributed by atoms with van der Waals surface area (Å²) in [5.41, 5.74) is 1.21. The van der Waals surface area contributed by atoms with Crippen molar-refractivity contribution in [2.45, 2.75) is 6.54 Å². The third-order valence-electron chi connectivity index (χ3n) is 5.59. The number of rotatable bonds is 4. The Labute approximate surface area is 182 Å².